The highest BCUT2D eigenvalue weighted by atomic mass is 79.9. The minimum atomic E-state index is -0.417. The molecule has 0 aliphatic heterocycles. The summed E-state index contributed by atoms with van der Waals surface area (Å²) in [7, 11) is 1.42. The topological polar surface area (TPSA) is 26.3 Å². The van der Waals surface area contributed by atoms with Crippen LogP contribution in [0.1, 0.15) is 24.8 Å². The summed E-state index contributed by atoms with van der Waals surface area (Å²) in [5, 5.41) is 0. The standard InChI is InChI=1S/C11H12BrFO2/c1-7(3-4-14)8-5-9(12)11(13)10(6-8)15-2/h4-7H,3H2,1-2H3. The third kappa shape index (κ3) is 2.78. The van der Waals surface area contributed by atoms with Gasteiger partial charge in [-0.2, -0.15) is 0 Å². The Hall–Kier alpha value is -0.900. The molecule has 0 bridgehead atoms. The van der Waals surface area contributed by atoms with Crippen LogP contribution in [0.2, 0.25) is 0 Å². The Morgan fingerprint density at radius 2 is 2.27 bits per heavy atom. The first-order chi connectivity index (χ1) is 7.10. The predicted octanol–water partition coefficient (Wildman–Crippen LogP) is 3.29. The number of aldehydes is 1. The number of hydrogen-bond acceptors (Lipinski definition) is 2. The average molecular weight is 275 g/mol. The molecule has 0 radical (unpaired) electrons. The fraction of sp³-hybridized carbons (Fsp3) is 0.364. The van der Waals surface area contributed by atoms with E-state index in [0.717, 1.165) is 11.8 Å². The van der Waals surface area contributed by atoms with Gasteiger partial charge >= 0.3 is 0 Å². The van der Waals surface area contributed by atoms with Crippen molar-refractivity contribution in [2.75, 3.05) is 7.11 Å². The van der Waals surface area contributed by atoms with Crippen LogP contribution in [-0.2, 0) is 4.79 Å². The molecule has 0 aromatic heterocycles. The van der Waals surface area contributed by atoms with Crippen LogP contribution >= 0.6 is 15.9 Å². The Labute approximate surface area is 96.6 Å². The Morgan fingerprint density at radius 1 is 1.60 bits per heavy atom. The lowest BCUT2D eigenvalue weighted by molar-refractivity contribution is -0.108. The molecule has 0 heterocycles. The Bertz CT molecular complexity index is 366. The van der Waals surface area contributed by atoms with Crippen LogP contribution in [0.3, 0.4) is 0 Å². The lowest BCUT2D eigenvalue weighted by Crippen LogP contribution is -1.98. The fourth-order valence-electron chi connectivity index (χ4n) is 1.30. The lowest BCUT2D eigenvalue weighted by atomic mass is 9.98. The van der Waals surface area contributed by atoms with Crippen molar-refractivity contribution in [3.05, 3.63) is 28.0 Å². The zero-order valence-electron chi connectivity index (χ0n) is 8.59. The van der Waals surface area contributed by atoms with Gasteiger partial charge in [-0.25, -0.2) is 4.39 Å². The molecule has 2 nitrogen and oxygen atoms in total. The molecule has 4 heteroatoms. The van der Waals surface area contributed by atoms with Crippen molar-refractivity contribution in [3.63, 3.8) is 0 Å². The van der Waals surface area contributed by atoms with Crippen LogP contribution in [0.4, 0.5) is 4.39 Å². The Balaban J connectivity index is 3.10. The number of halogens is 2. The van der Waals surface area contributed by atoms with E-state index in [4.69, 9.17) is 4.74 Å². The van der Waals surface area contributed by atoms with Crippen molar-refractivity contribution in [1.82, 2.24) is 0 Å². The van der Waals surface area contributed by atoms with Crippen molar-refractivity contribution in [3.8, 4) is 5.75 Å². The highest BCUT2D eigenvalue weighted by Gasteiger charge is 2.13. The van der Waals surface area contributed by atoms with Gasteiger partial charge in [0.25, 0.3) is 0 Å². The van der Waals surface area contributed by atoms with Crippen LogP contribution in [0, 0.1) is 5.82 Å². The number of rotatable bonds is 4. The van der Waals surface area contributed by atoms with Gasteiger partial charge in [-0.3, -0.25) is 0 Å². The Kier molecular flexibility index (Phi) is 4.27. The van der Waals surface area contributed by atoms with Crippen molar-refractivity contribution >= 4 is 22.2 Å². The SMILES string of the molecule is COc1cc(C(C)CC=O)cc(Br)c1F. The van der Waals surface area contributed by atoms with E-state index >= 15 is 0 Å². The van der Waals surface area contributed by atoms with Crippen LogP contribution < -0.4 is 4.74 Å². The third-order valence-corrected chi connectivity index (χ3v) is 2.83. The number of benzene rings is 1. The van der Waals surface area contributed by atoms with E-state index in [1.54, 1.807) is 12.1 Å². The van der Waals surface area contributed by atoms with Crippen LogP contribution in [0.5, 0.6) is 5.75 Å². The maximum atomic E-state index is 13.4. The van der Waals surface area contributed by atoms with Crippen molar-refractivity contribution in [1.29, 1.82) is 0 Å². The van der Waals surface area contributed by atoms with Gasteiger partial charge in [-0.15, -0.1) is 0 Å². The second-order valence-electron chi connectivity index (χ2n) is 3.32. The molecule has 0 aliphatic carbocycles. The molecule has 0 saturated heterocycles. The van der Waals surface area contributed by atoms with Gasteiger partial charge in [0.2, 0.25) is 0 Å². The number of hydrogen-bond donors (Lipinski definition) is 0. The normalized spacial score (nSPS) is 12.3. The highest BCUT2D eigenvalue weighted by molar-refractivity contribution is 9.10. The van der Waals surface area contributed by atoms with Crippen molar-refractivity contribution in [2.24, 2.45) is 0 Å². The average Bonchev–Trinajstić information content (AvgIpc) is 2.22. The molecule has 1 atom stereocenters. The summed E-state index contributed by atoms with van der Waals surface area (Å²) in [6.07, 6.45) is 1.27. The van der Waals surface area contributed by atoms with Gasteiger partial charge in [0, 0.05) is 6.42 Å². The van der Waals surface area contributed by atoms with Crippen LogP contribution in [-0.4, -0.2) is 13.4 Å². The maximum absolute atomic E-state index is 13.4. The van der Waals surface area contributed by atoms with E-state index in [-0.39, 0.29) is 11.7 Å². The summed E-state index contributed by atoms with van der Waals surface area (Å²) >= 11 is 3.11. The van der Waals surface area contributed by atoms with Gasteiger partial charge in [-0.1, -0.05) is 6.92 Å². The zero-order valence-corrected chi connectivity index (χ0v) is 10.2. The molecular weight excluding hydrogens is 263 g/mol. The number of methoxy groups -OCH3 is 1. The molecule has 1 aromatic rings. The lowest BCUT2D eigenvalue weighted by Gasteiger charge is -2.11. The summed E-state index contributed by atoms with van der Waals surface area (Å²) in [4.78, 5) is 10.4. The molecule has 0 fully saturated rings. The fourth-order valence-corrected chi connectivity index (χ4v) is 1.76. The molecule has 0 saturated carbocycles. The molecule has 0 amide bonds. The van der Waals surface area contributed by atoms with Gasteiger partial charge in [-0.05, 0) is 39.5 Å². The maximum Gasteiger partial charge on any atom is 0.179 e. The molecular formula is C11H12BrFO2. The smallest absolute Gasteiger partial charge is 0.179 e. The van der Waals surface area contributed by atoms with Gasteiger partial charge in [0.15, 0.2) is 11.6 Å². The number of ether oxygens (including phenoxy) is 1. The first-order valence-corrected chi connectivity index (χ1v) is 5.36. The first-order valence-electron chi connectivity index (χ1n) is 4.56. The monoisotopic (exact) mass is 274 g/mol. The summed E-state index contributed by atoms with van der Waals surface area (Å²) in [6.45, 7) is 1.91. The molecule has 82 valence electrons. The minimum absolute atomic E-state index is 0.0632. The largest absolute Gasteiger partial charge is 0.494 e. The van der Waals surface area contributed by atoms with Crippen LogP contribution in [0.25, 0.3) is 0 Å². The quantitative estimate of drug-likeness (QED) is 0.788. The van der Waals surface area contributed by atoms with Gasteiger partial charge in [0.05, 0.1) is 11.6 Å². The van der Waals surface area contributed by atoms with Crippen LogP contribution in [0.15, 0.2) is 16.6 Å². The van der Waals surface area contributed by atoms with E-state index < -0.39 is 5.82 Å². The van der Waals surface area contributed by atoms with Gasteiger partial charge < -0.3 is 9.53 Å². The molecule has 0 N–H and O–H groups in total. The van der Waals surface area contributed by atoms with Crippen molar-refractivity contribution in [2.45, 2.75) is 19.3 Å². The summed E-state index contributed by atoms with van der Waals surface area (Å²) in [5.41, 5.74) is 0.882. The number of carbonyl (C=O) groups is 1. The van der Waals surface area contributed by atoms with E-state index in [1.807, 2.05) is 6.92 Å². The summed E-state index contributed by atoms with van der Waals surface area (Å²) < 4.78 is 18.6. The molecule has 1 unspecified atom stereocenters. The molecule has 1 rings (SSSR count). The highest BCUT2D eigenvalue weighted by Crippen LogP contribution is 2.31. The van der Waals surface area contributed by atoms with E-state index in [2.05, 4.69) is 15.9 Å². The molecule has 15 heavy (non-hydrogen) atoms. The molecule has 0 aliphatic rings. The third-order valence-electron chi connectivity index (χ3n) is 2.26. The Morgan fingerprint density at radius 3 is 2.80 bits per heavy atom. The second-order valence-corrected chi connectivity index (χ2v) is 4.18. The van der Waals surface area contributed by atoms with E-state index in [0.29, 0.717) is 10.9 Å². The predicted molar refractivity (Wildman–Crippen MR) is 59.7 cm³/mol. The van der Waals surface area contributed by atoms with Crippen molar-refractivity contribution < 1.29 is 13.9 Å². The second kappa shape index (κ2) is 5.26. The minimum Gasteiger partial charge on any atom is -0.494 e. The van der Waals surface area contributed by atoms with E-state index in [9.17, 15) is 9.18 Å². The number of carbonyl (C=O) groups excluding carboxylic acids is 1. The first kappa shape index (κ1) is 12.2. The summed E-state index contributed by atoms with van der Waals surface area (Å²) in [6, 6.07) is 3.29. The molecule has 0 spiro atoms. The van der Waals surface area contributed by atoms with E-state index in [1.165, 1.54) is 7.11 Å². The zero-order chi connectivity index (χ0) is 11.4. The van der Waals surface area contributed by atoms with Gasteiger partial charge in [0.1, 0.15) is 6.29 Å². The summed E-state index contributed by atoms with van der Waals surface area (Å²) in [5.74, 6) is -0.162. The molecule has 1 aromatic carbocycles.